The minimum absolute atomic E-state index is 0.147. The Morgan fingerprint density at radius 1 is 1.07 bits per heavy atom. The van der Waals surface area contributed by atoms with Crippen LogP contribution in [0.15, 0.2) is 42.5 Å². The lowest BCUT2D eigenvalue weighted by molar-refractivity contribution is -0.143. The highest BCUT2D eigenvalue weighted by atomic mass is 127. The van der Waals surface area contributed by atoms with Gasteiger partial charge in [-0.1, -0.05) is 37.2 Å². The molecule has 0 aliphatic carbocycles. The maximum atomic E-state index is 12.8. The zero-order chi connectivity index (χ0) is 22.0. The van der Waals surface area contributed by atoms with Crippen molar-refractivity contribution in [3.8, 4) is 17.2 Å². The number of halogens is 4. The quantitative estimate of drug-likeness (QED) is 0.119. The van der Waals surface area contributed by atoms with E-state index >= 15 is 0 Å². The molecule has 0 fully saturated rings. The summed E-state index contributed by atoms with van der Waals surface area (Å²) in [5.74, 6) is -0.0657. The van der Waals surface area contributed by atoms with Crippen LogP contribution in [-0.2, 0) is 13.0 Å². The molecule has 2 aromatic rings. The summed E-state index contributed by atoms with van der Waals surface area (Å²) >= 11 is 7.62. The molecule has 0 bridgehead atoms. The molecule has 29 heavy (non-hydrogen) atoms. The largest absolute Gasteiger partial charge is 0.508 e. The van der Waals surface area contributed by atoms with E-state index in [0.29, 0.717) is 25.6 Å². The van der Waals surface area contributed by atoms with Gasteiger partial charge in [-0.25, -0.2) is 4.79 Å². The van der Waals surface area contributed by atoms with Crippen molar-refractivity contribution in [1.82, 2.24) is 1.33 Å². The summed E-state index contributed by atoms with van der Waals surface area (Å²) < 4.78 is 4.53. The van der Waals surface area contributed by atoms with Crippen LogP contribution in [0.4, 0.5) is 0 Å². The number of phenols is 1. The molecule has 0 amide bonds. The Bertz CT molecular complexity index is 927. The van der Waals surface area contributed by atoms with E-state index in [-0.39, 0.29) is 11.5 Å². The Hall–Kier alpha value is 0.490. The average Bonchev–Trinajstić information content (AvgIpc) is 2.67. The summed E-state index contributed by atoms with van der Waals surface area (Å²) in [6.07, 6.45) is 0. The zero-order valence-electron chi connectivity index (χ0n) is 15.1. The van der Waals surface area contributed by atoms with Gasteiger partial charge >= 0.3 is 5.97 Å². The third kappa shape index (κ3) is 5.12. The van der Waals surface area contributed by atoms with Gasteiger partial charge in [0.2, 0.25) is 3.55 Å². The molecule has 0 saturated carbocycles. The molecule has 0 aliphatic heterocycles. The van der Waals surface area contributed by atoms with Crippen molar-refractivity contribution in [1.29, 1.82) is 0 Å². The number of nitrogens with zero attached hydrogens (tertiary/aromatic N) is 1. The summed E-state index contributed by atoms with van der Waals surface area (Å²) in [6, 6.07) is 11.7. The number of carbonyl (C=O) groups excluding carboxylic acids is 1. The molecule has 3 atom stereocenters. The maximum Gasteiger partial charge on any atom is 0.338 e. The molecule has 0 radical (unpaired) electrons. The average molecular weight is 865 g/mol. The molecular formula is C18H16I4NO5P. The van der Waals surface area contributed by atoms with Gasteiger partial charge in [0.25, 0.3) is 0 Å². The molecule has 0 aliphatic rings. The first-order chi connectivity index (χ1) is 13.5. The SMILES string of the molecule is CPc1cc(Oc2ccc(O)cc2)ccc1C(I)(C(C)=O)[C@@](I)(C(=O)O)N(I)I. The monoisotopic (exact) mass is 865 g/mol. The lowest BCUT2D eigenvalue weighted by Gasteiger charge is -2.41. The second-order valence-electron chi connectivity index (χ2n) is 5.93. The predicted molar refractivity (Wildman–Crippen MR) is 149 cm³/mol. The van der Waals surface area contributed by atoms with E-state index in [1.165, 1.54) is 20.4 Å². The van der Waals surface area contributed by atoms with E-state index in [1.807, 2.05) is 104 Å². The molecule has 2 N–H and O–H groups in total. The molecule has 0 heterocycles. The first-order valence-corrected chi connectivity index (χ1v) is 13.6. The third-order valence-corrected chi connectivity index (χ3v) is 13.3. The number of hydrogen-bond acceptors (Lipinski definition) is 5. The van der Waals surface area contributed by atoms with Crippen molar-refractivity contribution in [2.45, 2.75) is 13.9 Å². The molecule has 0 spiro atoms. The number of ketones is 1. The summed E-state index contributed by atoms with van der Waals surface area (Å²) in [5.41, 5.74) is 0.652. The fourth-order valence-corrected chi connectivity index (χ4v) is 7.44. The van der Waals surface area contributed by atoms with Gasteiger partial charge in [-0.2, -0.15) is 1.33 Å². The third-order valence-electron chi connectivity index (χ3n) is 4.16. The zero-order valence-corrected chi connectivity index (χ0v) is 24.7. The van der Waals surface area contributed by atoms with Crippen molar-refractivity contribution in [3.05, 3.63) is 48.0 Å². The number of phenolic OH excluding ortho intramolecular Hbond substituents is 1. The molecule has 6 nitrogen and oxygen atoms in total. The van der Waals surface area contributed by atoms with Crippen LogP contribution in [0.5, 0.6) is 17.2 Å². The summed E-state index contributed by atoms with van der Waals surface area (Å²) in [5, 5.41) is 20.3. The van der Waals surface area contributed by atoms with Crippen LogP contribution in [0, 0.1) is 0 Å². The number of rotatable bonds is 8. The van der Waals surface area contributed by atoms with Crippen molar-refractivity contribution in [2.24, 2.45) is 0 Å². The standard InChI is InChI=1S/C18H16I4NO5P/c1-10(24)17(19,18(20,16(26)27)23(21)22)14-8-7-13(9-15(14)29-2)28-12-5-3-11(25)4-6-12/h3-9,25,29H,1-2H3,(H,26,27)/t17?,18-/m1/s1. The Morgan fingerprint density at radius 2 is 1.62 bits per heavy atom. The van der Waals surface area contributed by atoms with Crippen LogP contribution in [0.25, 0.3) is 0 Å². The van der Waals surface area contributed by atoms with E-state index < -0.39 is 12.9 Å². The van der Waals surface area contributed by atoms with Crippen LogP contribution >= 0.6 is 99.5 Å². The lowest BCUT2D eigenvalue weighted by Crippen LogP contribution is -2.58. The molecule has 11 heteroatoms. The fourth-order valence-electron chi connectivity index (χ4n) is 2.68. The number of carboxylic acid groups (broad SMARTS) is 1. The number of alkyl halides is 2. The molecule has 2 unspecified atom stereocenters. The Kier molecular flexibility index (Phi) is 9.24. The van der Waals surface area contributed by atoms with Crippen molar-refractivity contribution in [3.63, 3.8) is 0 Å². The number of carbonyl (C=O) groups is 2. The fraction of sp³-hybridized carbons (Fsp3) is 0.222. The van der Waals surface area contributed by atoms with Gasteiger partial charge in [0.1, 0.15) is 20.7 Å². The first-order valence-electron chi connectivity index (χ1n) is 8.01. The number of carboxylic acids is 1. The van der Waals surface area contributed by atoms with Gasteiger partial charge in [-0.15, -0.1) is 0 Å². The van der Waals surface area contributed by atoms with E-state index in [4.69, 9.17) is 4.74 Å². The van der Waals surface area contributed by atoms with Gasteiger partial charge in [-0.05, 0) is 83.4 Å². The number of hydrogen-bond donors (Lipinski definition) is 2. The van der Waals surface area contributed by atoms with Crippen molar-refractivity contribution in [2.75, 3.05) is 6.66 Å². The van der Waals surface area contributed by atoms with Crippen molar-refractivity contribution < 1.29 is 24.5 Å². The number of aromatic hydroxyl groups is 1. The number of aliphatic carboxylic acids is 1. The Balaban J connectivity index is 2.59. The van der Waals surface area contributed by atoms with E-state index in [9.17, 15) is 19.8 Å². The first kappa shape index (κ1) is 25.7. The summed E-state index contributed by atoms with van der Waals surface area (Å²) in [6.45, 7) is 3.39. The smallest absolute Gasteiger partial charge is 0.338 e. The topological polar surface area (TPSA) is 87.1 Å². The molecule has 0 saturated heterocycles. The molecule has 0 aromatic heterocycles. The van der Waals surface area contributed by atoms with Crippen LogP contribution in [-0.4, -0.2) is 33.5 Å². The normalized spacial score (nSPS) is 15.8. The Labute approximate surface area is 225 Å². The molecule has 156 valence electrons. The minimum atomic E-state index is -1.51. The lowest BCUT2D eigenvalue weighted by atomic mass is 9.88. The van der Waals surface area contributed by atoms with Crippen LogP contribution in [0.3, 0.4) is 0 Å². The summed E-state index contributed by atoms with van der Waals surface area (Å²) in [4.78, 5) is 25.1. The highest BCUT2D eigenvalue weighted by molar-refractivity contribution is 14.2. The molecule has 2 rings (SSSR count). The van der Waals surface area contributed by atoms with E-state index in [0.717, 1.165) is 5.30 Å². The highest BCUT2D eigenvalue weighted by Gasteiger charge is 2.62. The predicted octanol–water partition coefficient (Wildman–Crippen LogP) is 5.56. The number of ether oxygens (including phenoxy) is 1. The Morgan fingerprint density at radius 3 is 2.07 bits per heavy atom. The van der Waals surface area contributed by atoms with E-state index in [1.54, 1.807) is 24.3 Å². The van der Waals surface area contributed by atoms with Gasteiger partial charge in [0, 0.05) is 45.7 Å². The van der Waals surface area contributed by atoms with Crippen LogP contribution in [0.2, 0.25) is 0 Å². The summed E-state index contributed by atoms with van der Waals surface area (Å²) in [7, 11) is 0.320. The molecular weight excluding hydrogens is 849 g/mol. The van der Waals surface area contributed by atoms with Gasteiger partial charge in [0.15, 0.2) is 5.78 Å². The van der Waals surface area contributed by atoms with Crippen molar-refractivity contribution >= 4 is 117 Å². The van der Waals surface area contributed by atoms with Gasteiger partial charge in [0.05, 0.1) is 0 Å². The second kappa shape index (κ2) is 10.4. The van der Waals surface area contributed by atoms with Crippen LogP contribution < -0.4 is 10.0 Å². The maximum absolute atomic E-state index is 12.8. The number of benzene rings is 2. The highest BCUT2D eigenvalue weighted by Crippen LogP contribution is 2.53. The minimum Gasteiger partial charge on any atom is -0.508 e. The van der Waals surface area contributed by atoms with Crippen LogP contribution in [0.1, 0.15) is 12.5 Å². The number of Topliss-reactive ketones (excluding diaryl/α,β-unsaturated/α-hetero) is 1. The molecule has 2 aromatic carbocycles. The van der Waals surface area contributed by atoms with E-state index in [2.05, 4.69) is 0 Å². The second-order valence-corrected chi connectivity index (χ2v) is 13.9. The van der Waals surface area contributed by atoms with Gasteiger partial charge < -0.3 is 14.9 Å². The van der Waals surface area contributed by atoms with Gasteiger partial charge in [-0.3, -0.25) is 4.79 Å².